The maximum Gasteiger partial charge on any atom is 0.272 e. The fraction of sp³-hybridized carbons (Fsp3) is 0.421. The Morgan fingerprint density at radius 1 is 1.12 bits per heavy atom. The van der Waals surface area contributed by atoms with Crippen LogP contribution in [0.15, 0.2) is 36.4 Å². The first-order valence-corrected chi connectivity index (χ1v) is 8.50. The van der Waals surface area contributed by atoms with Gasteiger partial charge in [-0.05, 0) is 32.4 Å². The van der Waals surface area contributed by atoms with Crippen LogP contribution >= 0.6 is 0 Å². The van der Waals surface area contributed by atoms with E-state index < -0.39 is 0 Å². The summed E-state index contributed by atoms with van der Waals surface area (Å²) >= 11 is 0. The largest absolute Gasteiger partial charge is 0.340 e. The summed E-state index contributed by atoms with van der Waals surface area (Å²) in [5.41, 5.74) is 1.50. The third-order valence-electron chi connectivity index (χ3n) is 3.90. The molecule has 0 N–H and O–H groups in total. The van der Waals surface area contributed by atoms with Crippen molar-refractivity contribution in [2.45, 2.75) is 33.6 Å². The monoisotopic (exact) mass is 326 g/mol. The highest BCUT2D eigenvalue weighted by Crippen LogP contribution is 2.23. The maximum absolute atomic E-state index is 12.6. The summed E-state index contributed by atoms with van der Waals surface area (Å²) in [5, 5.41) is 0. The third-order valence-corrected chi connectivity index (χ3v) is 3.90. The maximum atomic E-state index is 12.6. The Morgan fingerprint density at radius 2 is 1.83 bits per heavy atom. The van der Waals surface area contributed by atoms with E-state index in [4.69, 9.17) is 0 Å². The van der Waals surface area contributed by atoms with E-state index in [1.165, 1.54) is 0 Å². The molecule has 0 bridgehead atoms. The van der Waals surface area contributed by atoms with Crippen molar-refractivity contribution < 1.29 is 4.79 Å². The van der Waals surface area contributed by atoms with Crippen molar-refractivity contribution in [3.63, 3.8) is 0 Å². The summed E-state index contributed by atoms with van der Waals surface area (Å²) in [6.07, 6.45) is 2.05. The number of hydrogen-bond acceptors (Lipinski definition) is 4. The second-order valence-electron chi connectivity index (χ2n) is 5.82. The van der Waals surface area contributed by atoms with Gasteiger partial charge in [0.1, 0.15) is 17.3 Å². The number of carbonyl (C=O) groups excluding carboxylic acids is 1. The van der Waals surface area contributed by atoms with Crippen molar-refractivity contribution >= 4 is 17.4 Å². The fourth-order valence-electron chi connectivity index (χ4n) is 2.58. The Labute approximate surface area is 144 Å². The van der Waals surface area contributed by atoms with Crippen molar-refractivity contribution in [2.75, 3.05) is 25.0 Å². The molecule has 0 aliphatic rings. The number of aromatic nitrogens is 2. The van der Waals surface area contributed by atoms with Gasteiger partial charge in [0.05, 0.1) is 0 Å². The van der Waals surface area contributed by atoms with Gasteiger partial charge in [0.25, 0.3) is 5.91 Å². The number of unbranched alkanes of at least 4 members (excludes halogenated alkanes) is 1. The molecule has 1 aromatic carbocycles. The van der Waals surface area contributed by atoms with E-state index in [-0.39, 0.29) is 5.91 Å². The lowest BCUT2D eigenvalue weighted by Gasteiger charge is -2.23. The van der Waals surface area contributed by atoms with Crippen LogP contribution < -0.4 is 4.90 Å². The number of hydrogen-bond donors (Lipinski definition) is 0. The molecule has 0 spiro atoms. The van der Waals surface area contributed by atoms with E-state index in [0.717, 1.165) is 37.4 Å². The van der Waals surface area contributed by atoms with Crippen LogP contribution in [0.2, 0.25) is 0 Å². The molecule has 0 radical (unpaired) electrons. The number of benzene rings is 1. The topological polar surface area (TPSA) is 49.3 Å². The number of para-hydroxylation sites is 1. The third kappa shape index (κ3) is 4.31. The van der Waals surface area contributed by atoms with Crippen molar-refractivity contribution in [1.82, 2.24) is 14.9 Å². The normalized spacial score (nSPS) is 10.5. The summed E-state index contributed by atoms with van der Waals surface area (Å²) in [4.78, 5) is 25.3. The lowest BCUT2D eigenvalue weighted by atomic mass is 10.2. The van der Waals surface area contributed by atoms with E-state index in [1.54, 1.807) is 11.0 Å². The van der Waals surface area contributed by atoms with E-state index in [1.807, 2.05) is 44.3 Å². The van der Waals surface area contributed by atoms with Crippen LogP contribution in [-0.2, 0) is 0 Å². The van der Waals surface area contributed by atoms with Crippen molar-refractivity contribution in [1.29, 1.82) is 0 Å². The van der Waals surface area contributed by atoms with E-state index in [2.05, 4.69) is 28.7 Å². The Kier molecular flexibility index (Phi) is 6.29. The lowest BCUT2D eigenvalue weighted by Crippen LogP contribution is -2.29. The van der Waals surface area contributed by atoms with Gasteiger partial charge in [-0.2, -0.15) is 0 Å². The molecule has 0 fully saturated rings. The van der Waals surface area contributed by atoms with Gasteiger partial charge in [0, 0.05) is 31.9 Å². The number of amides is 1. The molecule has 1 aromatic heterocycles. The predicted molar refractivity (Wildman–Crippen MR) is 97.8 cm³/mol. The number of carbonyl (C=O) groups is 1. The molecule has 5 nitrogen and oxygen atoms in total. The summed E-state index contributed by atoms with van der Waals surface area (Å²) in [5.74, 6) is 1.30. The van der Waals surface area contributed by atoms with Gasteiger partial charge in [-0.15, -0.1) is 0 Å². The molecule has 24 heavy (non-hydrogen) atoms. The minimum absolute atomic E-state index is 0.0562. The SMILES string of the molecule is CCCCN(C)C(=O)c1cc(N(CC)c2ccccc2)nc(C)n1. The van der Waals surface area contributed by atoms with Crippen LogP contribution in [0.5, 0.6) is 0 Å². The first-order valence-electron chi connectivity index (χ1n) is 8.50. The van der Waals surface area contributed by atoms with Gasteiger partial charge in [0.2, 0.25) is 0 Å². The molecule has 2 rings (SSSR count). The van der Waals surface area contributed by atoms with Gasteiger partial charge in [0.15, 0.2) is 0 Å². The first kappa shape index (κ1) is 17.9. The second kappa shape index (κ2) is 8.43. The van der Waals surface area contributed by atoms with E-state index in [9.17, 15) is 4.79 Å². The van der Waals surface area contributed by atoms with E-state index in [0.29, 0.717) is 11.5 Å². The van der Waals surface area contributed by atoms with Crippen molar-refractivity contribution in [3.8, 4) is 0 Å². The molecule has 1 amide bonds. The molecular formula is C19H26N4O. The molecule has 0 saturated carbocycles. The van der Waals surface area contributed by atoms with Gasteiger partial charge in [-0.25, -0.2) is 9.97 Å². The predicted octanol–water partition coefficient (Wildman–Crippen LogP) is 3.82. The van der Waals surface area contributed by atoms with Crippen LogP contribution in [0, 0.1) is 6.92 Å². The zero-order chi connectivity index (χ0) is 17.5. The summed E-state index contributed by atoms with van der Waals surface area (Å²) in [6, 6.07) is 11.8. The first-order chi connectivity index (χ1) is 11.6. The highest BCUT2D eigenvalue weighted by Gasteiger charge is 2.17. The van der Waals surface area contributed by atoms with Crippen LogP contribution in [0.25, 0.3) is 0 Å². The number of anilines is 2. The molecule has 0 unspecified atom stereocenters. The molecule has 1 heterocycles. The average Bonchev–Trinajstić information content (AvgIpc) is 2.60. The molecule has 0 saturated heterocycles. The van der Waals surface area contributed by atoms with E-state index >= 15 is 0 Å². The second-order valence-corrected chi connectivity index (χ2v) is 5.82. The van der Waals surface area contributed by atoms with Crippen LogP contribution in [-0.4, -0.2) is 40.9 Å². The molecule has 5 heteroatoms. The molecule has 0 atom stereocenters. The minimum atomic E-state index is -0.0562. The average molecular weight is 326 g/mol. The number of aryl methyl sites for hydroxylation is 1. The van der Waals surface area contributed by atoms with Crippen LogP contribution in [0.1, 0.15) is 43.0 Å². The highest BCUT2D eigenvalue weighted by molar-refractivity contribution is 5.93. The zero-order valence-electron chi connectivity index (χ0n) is 15.0. The van der Waals surface area contributed by atoms with Crippen molar-refractivity contribution in [3.05, 3.63) is 47.9 Å². The Bertz CT molecular complexity index is 672. The molecule has 0 aliphatic heterocycles. The van der Waals surface area contributed by atoms with Crippen LogP contribution in [0.4, 0.5) is 11.5 Å². The smallest absolute Gasteiger partial charge is 0.272 e. The van der Waals surface area contributed by atoms with Gasteiger partial charge >= 0.3 is 0 Å². The molecule has 0 aliphatic carbocycles. The quantitative estimate of drug-likeness (QED) is 0.776. The molecule has 2 aromatic rings. The number of nitrogens with zero attached hydrogens (tertiary/aromatic N) is 4. The van der Waals surface area contributed by atoms with Crippen LogP contribution in [0.3, 0.4) is 0 Å². The van der Waals surface area contributed by atoms with Crippen molar-refractivity contribution in [2.24, 2.45) is 0 Å². The minimum Gasteiger partial charge on any atom is -0.340 e. The zero-order valence-corrected chi connectivity index (χ0v) is 15.0. The van der Waals surface area contributed by atoms with Gasteiger partial charge in [-0.1, -0.05) is 31.5 Å². The Balaban J connectivity index is 2.32. The van der Waals surface area contributed by atoms with Gasteiger partial charge < -0.3 is 9.80 Å². The Hall–Kier alpha value is -2.43. The standard InChI is InChI=1S/C19H26N4O/c1-5-7-13-22(4)19(24)17-14-18(21-15(3)20-17)23(6-2)16-11-9-8-10-12-16/h8-12,14H,5-7,13H2,1-4H3. The summed E-state index contributed by atoms with van der Waals surface area (Å²) in [7, 11) is 1.82. The summed E-state index contributed by atoms with van der Waals surface area (Å²) < 4.78 is 0. The number of rotatable bonds is 7. The lowest BCUT2D eigenvalue weighted by molar-refractivity contribution is 0.0787. The molecule has 128 valence electrons. The Morgan fingerprint density at radius 3 is 2.46 bits per heavy atom. The molecular weight excluding hydrogens is 300 g/mol. The van der Waals surface area contributed by atoms with Gasteiger partial charge in [-0.3, -0.25) is 4.79 Å². The highest BCUT2D eigenvalue weighted by atomic mass is 16.2. The summed E-state index contributed by atoms with van der Waals surface area (Å²) in [6.45, 7) is 7.51. The fourth-order valence-corrected chi connectivity index (χ4v) is 2.58.